The van der Waals surface area contributed by atoms with E-state index in [9.17, 15) is 0 Å². The predicted octanol–water partition coefficient (Wildman–Crippen LogP) is 2.71. The lowest BCUT2D eigenvalue weighted by Crippen LogP contribution is -2.11. The smallest absolute Gasteiger partial charge is 0.103 e. The fraction of sp³-hybridized carbons (Fsp3) is 0.875. The molecular formula is C8H15NS. The first-order valence-electron chi connectivity index (χ1n) is 3.81. The van der Waals surface area contributed by atoms with Crippen LogP contribution in [-0.2, 0) is 0 Å². The van der Waals surface area contributed by atoms with Gasteiger partial charge < -0.3 is 0 Å². The van der Waals surface area contributed by atoms with Crippen molar-refractivity contribution in [3.63, 3.8) is 0 Å². The van der Waals surface area contributed by atoms with Crippen molar-refractivity contribution in [2.75, 3.05) is 0 Å². The first kappa shape index (κ1) is 8.12. The standard InChI is InChI=1S/C8H15NS/c1-5-8(4)9-6(2)7(3)10-8/h7H,5H2,1-4H3. The van der Waals surface area contributed by atoms with Crippen LogP contribution >= 0.6 is 11.8 Å². The Morgan fingerprint density at radius 2 is 2.30 bits per heavy atom. The Labute approximate surface area is 67.3 Å². The van der Waals surface area contributed by atoms with Crippen molar-refractivity contribution < 1.29 is 0 Å². The highest BCUT2D eigenvalue weighted by Gasteiger charge is 2.31. The van der Waals surface area contributed by atoms with Crippen LogP contribution in [0.3, 0.4) is 0 Å². The third-order valence-electron chi connectivity index (χ3n) is 2.09. The number of hydrogen-bond donors (Lipinski definition) is 0. The summed E-state index contributed by atoms with van der Waals surface area (Å²) in [6.45, 7) is 8.76. The van der Waals surface area contributed by atoms with E-state index in [-0.39, 0.29) is 4.87 Å². The number of aliphatic imine (C=N–C) groups is 1. The molecule has 2 atom stereocenters. The molecule has 1 aliphatic heterocycles. The number of nitrogens with zero attached hydrogens (tertiary/aromatic N) is 1. The SMILES string of the molecule is CCC1(C)N=C(C)C(C)S1. The summed E-state index contributed by atoms with van der Waals surface area (Å²) in [7, 11) is 0. The van der Waals surface area contributed by atoms with E-state index in [1.807, 2.05) is 11.8 Å². The fourth-order valence-electron chi connectivity index (χ4n) is 1.12. The summed E-state index contributed by atoms with van der Waals surface area (Å²) in [5, 5.41) is 0.630. The predicted molar refractivity (Wildman–Crippen MR) is 48.9 cm³/mol. The Kier molecular flexibility index (Phi) is 2.09. The van der Waals surface area contributed by atoms with Gasteiger partial charge in [0, 0.05) is 11.0 Å². The molecule has 0 radical (unpaired) electrons. The number of thioether (sulfide) groups is 1. The Hall–Kier alpha value is 0.0200. The van der Waals surface area contributed by atoms with E-state index in [2.05, 4.69) is 32.7 Å². The monoisotopic (exact) mass is 157 g/mol. The molecule has 1 nitrogen and oxygen atoms in total. The molecule has 0 aromatic heterocycles. The maximum Gasteiger partial charge on any atom is 0.103 e. The van der Waals surface area contributed by atoms with Crippen LogP contribution in [-0.4, -0.2) is 15.8 Å². The second-order valence-corrected chi connectivity index (χ2v) is 4.86. The van der Waals surface area contributed by atoms with Gasteiger partial charge in [-0.2, -0.15) is 0 Å². The maximum absolute atomic E-state index is 4.60. The molecule has 0 saturated heterocycles. The van der Waals surface area contributed by atoms with E-state index in [4.69, 9.17) is 0 Å². The maximum atomic E-state index is 4.60. The van der Waals surface area contributed by atoms with Gasteiger partial charge in [0.2, 0.25) is 0 Å². The molecule has 1 aliphatic rings. The average Bonchev–Trinajstić information content (AvgIpc) is 2.10. The zero-order valence-electron chi connectivity index (χ0n) is 7.14. The molecule has 58 valence electrons. The largest absolute Gasteiger partial charge is 0.276 e. The van der Waals surface area contributed by atoms with Crippen LogP contribution in [0.15, 0.2) is 4.99 Å². The summed E-state index contributed by atoms with van der Waals surface area (Å²) in [4.78, 5) is 4.78. The quantitative estimate of drug-likeness (QED) is 0.570. The Morgan fingerprint density at radius 1 is 1.70 bits per heavy atom. The zero-order chi connectivity index (χ0) is 7.78. The van der Waals surface area contributed by atoms with Crippen molar-refractivity contribution in [3.05, 3.63) is 0 Å². The first-order valence-corrected chi connectivity index (χ1v) is 4.69. The van der Waals surface area contributed by atoms with Gasteiger partial charge in [-0.3, -0.25) is 4.99 Å². The molecule has 0 aliphatic carbocycles. The lowest BCUT2D eigenvalue weighted by molar-refractivity contribution is 0.662. The molecule has 1 heterocycles. The molecule has 1 rings (SSSR count). The third kappa shape index (κ3) is 1.36. The third-order valence-corrected chi connectivity index (χ3v) is 3.67. The normalized spacial score (nSPS) is 40.0. The zero-order valence-corrected chi connectivity index (χ0v) is 7.96. The topological polar surface area (TPSA) is 12.4 Å². The summed E-state index contributed by atoms with van der Waals surface area (Å²) in [5.74, 6) is 0. The van der Waals surface area contributed by atoms with Crippen LogP contribution in [0, 0.1) is 0 Å². The summed E-state index contributed by atoms with van der Waals surface area (Å²) in [5.41, 5.74) is 1.30. The lowest BCUT2D eigenvalue weighted by Gasteiger charge is -2.17. The van der Waals surface area contributed by atoms with Crippen LogP contribution in [0.25, 0.3) is 0 Å². The van der Waals surface area contributed by atoms with Gasteiger partial charge in [-0.05, 0) is 27.2 Å². The lowest BCUT2D eigenvalue weighted by atomic mass is 10.2. The average molecular weight is 157 g/mol. The van der Waals surface area contributed by atoms with Gasteiger partial charge in [0.1, 0.15) is 4.87 Å². The van der Waals surface area contributed by atoms with Gasteiger partial charge in [0.05, 0.1) is 0 Å². The van der Waals surface area contributed by atoms with Crippen molar-refractivity contribution in [2.45, 2.75) is 44.2 Å². The highest BCUT2D eigenvalue weighted by molar-refractivity contribution is 8.02. The summed E-state index contributed by atoms with van der Waals surface area (Å²) in [6, 6.07) is 0. The summed E-state index contributed by atoms with van der Waals surface area (Å²) in [6.07, 6.45) is 1.14. The minimum absolute atomic E-state index is 0.184. The minimum Gasteiger partial charge on any atom is -0.276 e. The minimum atomic E-state index is 0.184. The number of rotatable bonds is 1. The van der Waals surface area contributed by atoms with Crippen molar-refractivity contribution in [3.8, 4) is 0 Å². The van der Waals surface area contributed by atoms with Gasteiger partial charge in [-0.25, -0.2) is 0 Å². The van der Waals surface area contributed by atoms with E-state index in [0.29, 0.717) is 5.25 Å². The van der Waals surface area contributed by atoms with Gasteiger partial charge in [0.25, 0.3) is 0 Å². The molecule has 0 aromatic rings. The molecule has 0 spiro atoms. The summed E-state index contributed by atoms with van der Waals surface area (Å²) < 4.78 is 0. The highest BCUT2D eigenvalue weighted by Crippen LogP contribution is 2.39. The van der Waals surface area contributed by atoms with Crippen molar-refractivity contribution in [1.82, 2.24) is 0 Å². The molecular weight excluding hydrogens is 142 g/mol. The molecule has 0 fully saturated rings. The molecule has 0 aromatic carbocycles. The van der Waals surface area contributed by atoms with E-state index < -0.39 is 0 Å². The number of hydrogen-bond acceptors (Lipinski definition) is 2. The summed E-state index contributed by atoms with van der Waals surface area (Å²) >= 11 is 1.97. The van der Waals surface area contributed by atoms with Gasteiger partial charge in [0.15, 0.2) is 0 Å². The van der Waals surface area contributed by atoms with Crippen LogP contribution in [0.4, 0.5) is 0 Å². The van der Waals surface area contributed by atoms with Gasteiger partial charge >= 0.3 is 0 Å². The van der Waals surface area contributed by atoms with E-state index in [0.717, 1.165) is 6.42 Å². The van der Waals surface area contributed by atoms with Crippen LogP contribution in [0.1, 0.15) is 34.1 Å². The van der Waals surface area contributed by atoms with Crippen molar-refractivity contribution >= 4 is 17.5 Å². The van der Waals surface area contributed by atoms with Crippen LogP contribution in [0.2, 0.25) is 0 Å². The molecule has 2 heteroatoms. The van der Waals surface area contributed by atoms with Crippen molar-refractivity contribution in [2.24, 2.45) is 4.99 Å². The van der Waals surface area contributed by atoms with E-state index in [1.54, 1.807) is 0 Å². The molecule has 0 amide bonds. The first-order chi connectivity index (χ1) is 4.57. The van der Waals surface area contributed by atoms with Crippen LogP contribution < -0.4 is 0 Å². The van der Waals surface area contributed by atoms with Crippen LogP contribution in [0.5, 0.6) is 0 Å². The second kappa shape index (κ2) is 2.57. The Morgan fingerprint density at radius 3 is 2.50 bits per heavy atom. The molecule has 0 bridgehead atoms. The van der Waals surface area contributed by atoms with Gasteiger partial charge in [-0.1, -0.05) is 6.92 Å². The molecule has 0 saturated carbocycles. The van der Waals surface area contributed by atoms with E-state index >= 15 is 0 Å². The highest BCUT2D eigenvalue weighted by atomic mass is 32.2. The molecule has 10 heavy (non-hydrogen) atoms. The Bertz CT molecular complexity index is 165. The Balaban J connectivity index is 2.72. The fourth-order valence-corrected chi connectivity index (χ4v) is 2.47. The van der Waals surface area contributed by atoms with Gasteiger partial charge in [-0.15, -0.1) is 11.8 Å². The molecule has 2 unspecified atom stereocenters. The second-order valence-electron chi connectivity index (χ2n) is 3.04. The molecule has 0 N–H and O–H groups in total. The van der Waals surface area contributed by atoms with E-state index in [1.165, 1.54) is 5.71 Å². The van der Waals surface area contributed by atoms with Crippen molar-refractivity contribution in [1.29, 1.82) is 0 Å².